The van der Waals surface area contributed by atoms with Crippen molar-refractivity contribution in [2.24, 2.45) is 0 Å². The molecule has 0 radical (unpaired) electrons. The first-order valence-corrected chi connectivity index (χ1v) is 11.4. The Morgan fingerprint density at radius 2 is 1.83 bits per heavy atom. The van der Waals surface area contributed by atoms with Gasteiger partial charge in [-0.3, -0.25) is 0 Å². The molecule has 1 aliphatic rings. The third-order valence-electron chi connectivity index (χ3n) is 4.70. The highest BCUT2D eigenvalue weighted by molar-refractivity contribution is 6.74. The molecule has 1 aromatic rings. The van der Waals surface area contributed by atoms with Gasteiger partial charge in [-0.1, -0.05) is 32.9 Å². The van der Waals surface area contributed by atoms with E-state index in [1.807, 2.05) is 24.3 Å². The van der Waals surface area contributed by atoms with Gasteiger partial charge in [-0.2, -0.15) is 0 Å². The lowest BCUT2D eigenvalue weighted by atomic mass is 10.2. The Balaban J connectivity index is 1.68. The van der Waals surface area contributed by atoms with Crippen molar-refractivity contribution < 1.29 is 13.9 Å². The van der Waals surface area contributed by atoms with E-state index in [4.69, 9.17) is 13.9 Å². The molecule has 1 aliphatic heterocycles. The van der Waals surface area contributed by atoms with Gasteiger partial charge >= 0.3 is 0 Å². The van der Waals surface area contributed by atoms with Crippen molar-refractivity contribution in [2.45, 2.75) is 58.2 Å². The van der Waals surface area contributed by atoms with Gasteiger partial charge in [0.25, 0.3) is 0 Å². The van der Waals surface area contributed by atoms with Crippen LogP contribution in [0.25, 0.3) is 0 Å². The minimum atomic E-state index is -1.60. The Hall–Kier alpha value is -1.26. The summed E-state index contributed by atoms with van der Waals surface area (Å²) < 4.78 is 17.7. The van der Waals surface area contributed by atoms with Crippen LogP contribution in [0.3, 0.4) is 0 Å². The molecule has 0 spiro atoms. The molecular weight excluding hydrogens is 304 g/mol. The van der Waals surface area contributed by atoms with Crippen molar-refractivity contribution >= 4 is 8.32 Å². The maximum absolute atomic E-state index is 6.19. The fourth-order valence-electron chi connectivity index (χ4n) is 2.13. The van der Waals surface area contributed by atoms with Crippen LogP contribution in [-0.4, -0.2) is 21.5 Å². The van der Waals surface area contributed by atoms with Gasteiger partial charge in [0.2, 0.25) is 0 Å². The lowest BCUT2D eigenvalue weighted by molar-refractivity contribution is 0.230. The Bertz CT molecular complexity index is 544. The molecule has 0 unspecified atom stereocenters. The van der Waals surface area contributed by atoms with Gasteiger partial charge in [0.15, 0.2) is 19.8 Å². The number of allylic oxidation sites excluding steroid dienone is 1. The van der Waals surface area contributed by atoms with Crippen LogP contribution in [0.15, 0.2) is 36.1 Å². The van der Waals surface area contributed by atoms with E-state index < -0.39 is 8.32 Å². The van der Waals surface area contributed by atoms with Crippen LogP contribution in [0, 0.1) is 0 Å². The van der Waals surface area contributed by atoms with E-state index in [0.29, 0.717) is 6.61 Å². The van der Waals surface area contributed by atoms with Gasteiger partial charge in [0.1, 0.15) is 12.4 Å². The highest BCUT2D eigenvalue weighted by atomic mass is 28.4. The number of hydrogen-bond acceptors (Lipinski definition) is 3. The molecule has 0 aliphatic carbocycles. The number of rotatable bonds is 6. The zero-order valence-corrected chi connectivity index (χ0v) is 16.1. The summed E-state index contributed by atoms with van der Waals surface area (Å²) in [5, 5.41) is 0.287. The van der Waals surface area contributed by atoms with Gasteiger partial charge in [-0.15, -0.1) is 0 Å². The third-order valence-corrected chi connectivity index (χ3v) is 9.24. The quantitative estimate of drug-likeness (QED) is 0.505. The van der Waals surface area contributed by atoms with Crippen LogP contribution in [0.4, 0.5) is 0 Å². The van der Waals surface area contributed by atoms with E-state index in [9.17, 15) is 0 Å². The molecule has 0 amide bonds. The fourth-order valence-corrected chi connectivity index (χ4v) is 3.21. The second-order valence-corrected chi connectivity index (χ2v) is 12.4. The number of para-hydroxylation sites is 2. The SMILES string of the molecule is CC(C)(C)[Si](C)(C)OCCCC/C=C1/COc2ccccc2O1. The molecule has 0 aromatic heterocycles. The molecule has 2 rings (SSSR count). The predicted octanol–water partition coefficient (Wildman–Crippen LogP) is 5.53. The summed E-state index contributed by atoms with van der Waals surface area (Å²) in [7, 11) is -1.60. The zero-order valence-electron chi connectivity index (χ0n) is 15.1. The van der Waals surface area contributed by atoms with E-state index in [2.05, 4.69) is 39.9 Å². The number of benzene rings is 1. The fraction of sp³-hybridized carbons (Fsp3) is 0.579. The summed E-state index contributed by atoms with van der Waals surface area (Å²) in [5.41, 5.74) is 0. The average molecular weight is 335 g/mol. The van der Waals surface area contributed by atoms with E-state index in [-0.39, 0.29) is 5.04 Å². The number of hydrogen-bond donors (Lipinski definition) is 0. The second-order valence-electron chi connectivity index (χ2n) is 7.61. The van der Waals surface area contributed by atoms with Crippen LogP contribution in [0.5, 0.6) is 11.5 Å². The highest BCUT2D eigenvalue weighted by Gasteiger charge is 2.36. The summed E-state index contributed by atoms with van der Waals surface area (Å²) >= 11 is 0. The van der Waals surface area contributed by atoms with Crippen molar-refractivity contribution in [1.29, 1.82) is 0 Å². The van der Waals surface area contributed by atoms with Gasteiger partial charge in [-0.25, -0.2) is 0 Å². The van der Waals surface area contributed by atoms with Gasteiger partial charge in [0, 0.05) is 6.61 Å². The summed E-state index contributed by atoms with van der Waals surface area (Å²) in [6, 6.07) is 7.79. The molecule has 23 heavy (non-hydrogen) atoms. The van der Waals surface area contributed by atoms with Crippen LogP contribution in [-0.2, 0) is 4.43 Å². The maximum Gasteiger partial charge on any atom is 0.191 e. The van der Waals surface area contributed by atoms with Crippen molar-refractivity contribution in [3.05, 3.63) is 36.1 Å². The molecule has 0 atom stereocenters. The van der Waals surface area contributed by atoms with Crippen LogP contribution < -0.4 is 9.47 Å². The minimum absolute atomic E-state index is 0.287. The Morgan fingerprint density at radius 1 is 1.13 bits per heavy atom. The predicted molar refractivity (Wildman–Crippen MR) is 97.6 cm³/mol. The van der Waals surface area contributed by atoms with E-state index in [0.717, 1.165) is 43.1 Å². The monoisotopic (exact) mass is 334 g/mol. The van der Waals surface area contributed by atoms with Crippen LogP contribution in [0.1, 0.15) is 40.0 Å². The molecule has 0 bridgehead atoms. The summed E-state index contributed by atoms with van der Waals surface area (Å²) in [5.74, 6) is 2.55. The normalized spacial score (nSPS) is 16.7. The largest absolute Gasteiger partial charge is 0.482 e. The van der Waals surface area contributed by atoms with E-state index in [1.165, 1.54) is 0 Å². The number of fused-ring (bicyclic) bond motifs is 1. The Morgan fingerprint density at radius 3 is 2.52 bits per heavy atom. The number of unbranched alkanes of at least 4 members (excludes halogenated alkanes) is 2. The maximum atomic E-state index is 6.19. The Kier molecular flexibility index (Phi) is 5.93. The molecule has 4 heteroatoms. The second kappa shape index (κ2) is 7.54. The molecular formula is C19H30O3Si. The lowest BCUT2D eigenvalue weighted by Crippen LogP contribution is -2.40. The summed E-state index contributed by atoms with van der Waals surface area (Å²) in [6.45, 7) is 12.8. The van der Waals surface area contributed by atoms with Crippen LogP contribution in [0.2, 0.25) is 18.1 Å². The molecule has 3 nitrogen and oxygen atoms in total. The van der Waals surface area contributed by atoms with Gasteiger partial charge < -0.3 is 13.9 Å². The van der Waals surface area contributed by atoms with Crippen molar-refractivity contribution in [2.75, 3.05) is 13.2 Å². The zero-order chi connectivity index (χ0) is 16.9. The minimum Gasteiger partial charge on any atom is -0.482 e. The standard InChI is InChI=1S/C19H30O3Si/c1-19(2,3)23(4,5)21-14-10-6-7-11-16-15-20-17-12-8-9-13-18(17)22-16/h8-9,11-13H,6-7,10,14-15H2,1-5H3/b16-11-. The van der Waals surface area contributed by atoms with Crippen molar-refractivity contribution in [3.8, 4) is 11.5 Å². The average Bonchev–Trinajstić information content (AvgIpc) is 2.49. The van der Waals surface area contributed by atoms with E-state index in [1.54, 1.807) is 0 Å². The first kappa shape index (κ1) is 18.1. The first-order valence-electron chi connectivity index (χ1n) is 8.52. The third kappa shape index (κ3) is 5.11. The van der Waals surface area contributed by atoms with E-state index >= 15 is 0 Å². The molecule has 1 aromatic carbocycles. The molecule has 1 heterocycles. The van der Waals surface area contributed by atoms with Crippen molar-refractivity contribution in [1.82, 2.24) is 0 Å². The highest BCUT2D eigenvalue weighted by Crippen LogP contribution is 2.36. The van der Waals surface area contributed by atoms with Crippen LogP contribution >= 0.6 is 0 Å². The molecule has 0 saturated carbocycles. The van der Waals surface area contributed by atoms with Crippen molar-refractivity contribution in [3.63, 3.8) is 0 Å². The first-order chi connectivity index (χ1) is 10.8. The molecule has 128 valence electrons. The van der Waals surface area contributed by atoms with Gasteiger partial charge in [0.05, 0.1) is 0 Å². The topological polar surface area (TPSA) is 27.7 Å². The molecule has 0 fully saturated rings. The molecule has 0 saturated heterocycles. The number of ether oxygens (including phenoxy) is 2. The summed E-state index contributed by atoms with van der Waals surface area (Å²) in [6.07, 6.45) is 5.35. The lowest BCUT2D eigenvalue weighted by Gasteiger charge is -2.36. The molecule has 0 N–H and O–H groups in total. The Labute approximate surface area is 141 Å². The summed E-state index contributed by atoms with van der Waals surface area (Å²) in [4.78, 5) is 0. The smallest absolute Gasteiger partial charge is 0.191 e. The van der Waals surface area contributed by atoms with Gasteiger partial charge in [-0.05, 0) is 55.6 Å².